The SMILES string of the molecule is NCc1nc(Cl)sc1-c1ccccc1F. The Labute approximate surface area is 95.5 Å². The zero-order valence-corrected chi connectivity index (χ0v) is 9.28. The van der Waals surface area contributed by atoms with Crippen LogP contribution in [0.2, 0.25) is 4.47 Å². The Hall–Kier alpha value is -0.970. The van der Waals surface area contributed by atoms with Crippen molar-refractivity contribution in [3.63, 3.8) is 0 Å². The third-order valence-corrected chi connectivity index (χ3v) is 3.22. The Morgan fingerprint density at radius 1 is 1.40 bits per heavy atom. The van der Waals surface area contributed by atoms with E-state index >= 15 is 0 Å². The van der Waals surface area contributed by atoms with Gasteiger partial charge >= 0.3 is 0 Å². The van der Waals surface area contributed by atoms with Crippen molar-refractivity contribution in [2.45, 2.75) is 6.54 Å². The van der Waals surface area contributed by atoms with Gasteiger partial charge in [0.15, 0.2) is 4.47 Å². The molecular weight excluding hydrogens is 235 g/mol. The lowest BCUT2D eigenvalue weighted by atomic mass is 10.1. The van der Waals surface area contributed by atoms with Crippen LogP contribution >= 0.6 is 22.9 Å². The average molecular weight is 243 g/mol. The number of hydrogen-bond donors (Lipinski definition) is 1. The lowest BCUT2D eigenvalue weighted by Crippen LogP contribution is -1.98. The largest absolute Gasteiger partial charge is 0.325 e. The fraction of sp³-hybridized carbons (Fsp3) is 0.100. The van der Waals surface area contributed by atoms with Gasteiger partial charge in [0.05, 0.1) is 10.6 Å². The minimum atomic E-state index is -0.285. The molecular formula is C10H8ClFN2S. The van der Waals surface area contributed by atoms with E-state index < -0.39 is 0 Å². The summed E-state index contributed by atoms with van der Waals surface area (Å²) in [4.78, 5) is 4.75. The lowest BCUT2D eigenvalue weighted by molar-refractivity contribution is 0.631. The highest BCUT2D eigenvalue weighted by molar-refractivity contribution is 7.19. The second kappa shape index (κ2) is 4.26. The number of nitrogens with two attached hydrogens (primary N) is 1. The molecule has 2 aromatic rings. The highest BCUT2D eigenvalue weighted by Crippen LogP contribution is 2.33. The van der Waals surface area contributed by atoms with Crippen LogP contribution in [0.15, 0.2) is 24.3 Å². The molecule has 0 radical (unpaired) electrons. The van der Waals surface area contributed by atoms with Gasteiger partial charge in [-0.2, -0.15) is 0 Å². The van der Waals surface area contributed by atoms with Crippen molar-refractivity contribution in [3.05, 3.63) is 40.2 Å². The van der Waals surface area contributed by atoms with Crippen LogP contribution < -0.4 is 5.73 Å². The van der Waals surface area contributed by atoms with Crippen LogP contribution in [0.25, 0.3) is 10.4 Å². The number of hydrogen-bond acceptors (Lipinski definition) is 3. The van der Waals surface area contributed by atoms with Gasteiger partial charge in [-0.15, -0.1) is 11.3 Å². The molecule has 5 heteroatoms. The summed E-state index contributed by atoms with van der Waals surface area (Å²) < 4.78 is 13.9. The Morgan fingerprint density at radius 3 is 2.80 bits per heavy atom. The summed E-state index contributed by atoms with van der Waals surface area (Å²) in [5, 5.41) is 0. The zero-order chi connectivity index (χ0) is 10.8. The van der Waals surface area contributed by atoms with Crippen LogP contribution in [0.1, 0.15) is 5.69 Å². The van der Waals surface area contributed by atoms with Crippen molar-refractivity contribution in [1.29, 1.82) is 0 Å². The first-order valence-corrected chi connectivity index (χ1v) is 5.52. The van der Waals surface area contributed by atoms with Crippen molar-refractivity contribution in [2.75, 3.05) is 0 Å². The Kier molecular flexibility index (Phi) is 3.00. The topological polar surface area (TPSA) is 38.9 Å². The number of benzene rings is 1. The fourth-order valence-electron chi connectivity index (χ4n) is 1.32. The molecule has 0 aliphatic carbocycles. The summed E-state index contributed by atoms with van der Waals surface area (Å²) in [6.07, 6.45) is 0. The molecule has 2 rings (SSSR count). The summed E-state index contributed by atoms with van der Waals surface area (Å²) in [5.74, 6) is -0.285. The van der Waals surface area contributed by atoms with Gasteiger partial charge < -0.3 is 5.73 Å². The molecule has 0 bridgehead atoms. The summed E-state index contributed by atoms with van der Waals surface area (Å²) in [5.41, 5.74) is 6.65. The monoisotopic (exact) mass is 242 g/mol. The molecule has 0 unspecified atom stereocenters. The molecule has 1 aromatic carbocycles. The minimum absolute atomic E-state index is 0.257. The fourth-order valence-corrected chi connectivity index (χ4v) is 2.50. The van der Waals surface area contributed by atoms with Crippen LogP contribution in [-0.2, 0) is 6.54 Å². The molecule has 2 nitrogen and oxygen atoms in total. The van der Waals surface area contributed by atoms with Crippen molar-refractivity contribution >= 4 is 22.9 Å². The van der Waals surface area contributed by atoms with Crippen molar-refractivity contribution in [1.82, 2.24) is 4.98 Å². The quantitative estimate of drug-likeness (QED) is 0.879. The van der Waals surface area contributed by atoms with E-state index in [9.17, 15) is 4.39 Å². The summed E-state index contributed by atoms with van der Waals surface area (Å²) in [6, 6.07) is 6.51. The van der Waals surface area contributed by atoms with Gasteiger partial charge in [-0.3, -0.25) is 0 Å². The first-order chi connectivity index (χ1) is 7.22. The molecule has 0 fully saturated rings. The van der Waals surface area contributed by atoms with Gasteiger partial charge in [-0.05, 0) is 6.07 Å². The molecule has 0 aliphatic heterocycles. The molecule has 0 atom stereocenters. The van der Waals surface area contributed by atoms with E-state index in [1.54, 1.807) is 18.2 Å². The van der Waals surface area contributed by atoms with E-state index in [2.05, 4.69) is 4.98 Å². The maximum absolute atomic E-state index is 13.5. The highest BCUT2D eigenvalue weighted by Gasteiger charge is 2.13. The van der Waals surface area contributed by atoms with Gasteiger partial charge in [0.2, 0.25) is 0 Å². The maximum atomic E-state index is 13.5. The highest BCUT2D eigenvalue weighted by atomic mass is 35.5. The Balaban J connectivity index is 2.58. The zero-order valence-electron chi connectivity index (χ0n) is 7.71. The van der Waals surface area contributed by atoms with Gasteiger partial charge in [-0.25, -0.2) is 9.37 Å². The van der Waals surface area contributed by atoms with Crippen molar-refractivity contribution in [2.24, 2.45) is 5.73 Å². The number of aromatic nitrogens is 1. The van der Waals surface area contributed by atoms with Crippen LogP contribution in [-0.4, -0.2) is 4.98 Å². The molecule has 0 amide bonds. The van der Waals surface area contributed by atoms with E-state index in [4.69, 9.17) is 17.3 Å². The summed E-state index contributed by atoms with van der Waals surface area (Å²) in [7, 11) is 0. The third kappa shape index (κ3) is 2.02. The van der Waals surface area contributed by atoms with Crippen LogP contribution in [0.5, 0.6) is 0 Å². The lowest BCUT2D eigenvalue weighted by Gasteiger charge is -2.00. The van der Waals surface area contributed by atoms with Crippen molar-refractivity contribution in [3.8, 4) is 10.4 Å². The minimum Gasteiger partial charge on any atom is -0.325 e. The smallest absolute Gasteiger partial charge is 0.184 e. The first-order valence-electron chi connectivity index (χ1n) is 4.32. The molecule has 15 heavy (non-hydrogen) atoms. The second-order valence-corrected chi connectivity index (χ2v) is 4.51. The normalized spacial score (nSPS) is 10.6. The van der Waals surface area contributed by atoms with Crippen LogP contribution in [0, 0.1) is 5.82 Å². The molecule has 0 aliphatic rings. The van der Waals surface area contributed by atoms with Crippen molar-refractivity contribution < 1.29 is 4.39 Å². The number of nitrogens with zero attached hydrogens (tertiary/aromatic N) is 1. The first kappa shape index (κ1) is 10.5. The molecule has 1 heterocycles. The maximum Gasteiger partial charge on any atom is 0.184 e. The molecule has 2 N–H and O–H groups in total. The van der Waals surface area contributed by atoms with E-state index in [0.717, 1.165) is 0 Å². The van der Waals surface area contributed by atoms with E-state index in [-0.39, 0.29) is 12.4 Å². The second-order valence-electron chi connectivity index (χ2n) is 2.93. The molecule has 78 valence electrons. The summed E-state index contributed by atoms with van der Waals surface area (Å²) >= 11 is 7.02. The van der Waals surface area contributed by atoms with Gasteiger partial charge in [-0.1, -0.05) is 29.8 Å². The van der Waals surface area contributed by atoms with Gasteiger partial charge in [0.25, 0.3) is 0 Å². The standard InChI is InChI=1S/C10H8ClFN2S/c11-10-14-8(5-13)9(15-10)6-3-1-2-4-7(6)12/h1-4H,5,13H2. The molecule has 1 aromatic heterocycles. The summed E-state index contributed by atoms with van der Waals surface area (Å²) in [6.45, 7) is 0.257. The predicted octanol–water partition coefficient (Wildman–Crippen LogP) is 3.06. The van der Waals surface area contributed by atoms with E-state index in [0.29, 0.717) is 20.6 Å². The van der Waals surface area contributed by atoms with Gasteiger partial charge in [0.1, 0.15) is 5.82 Å². The average Bonchev–Trinajstić information content (AvgIpc) is 2.60. The predicted molar refractivity (Wildman–Crippen MR) is 60.4 cm³/mol. The Bertz CT molecular complexity index is 484. The number of rotatable bonds is 2. The Morgan fingerprint density at radius 2 is 2.13 bits per heavy atom. The molecule has 0 saturated heterocycles. The van der Waals surface area contributed by atoms with Crippen LogP contribution in [0.3, 0.4) is 0 Å². The van der Waals surface area contributed by atoms with E-state index in [1.807, 2.05) is 0 Å². The molecule has 0 spiro atoms. The van der Waals surface area contributed by atoms with Crippen LogP contribution in [0.4, 0.5) is 4.39 Å². The number of thiazole rings is 1. The van der Waals surface area contributed by atoms with Gasteiger partial charge in [0, 0.05) is 12.1 Å². The molecule has 0 saturated carbocycles. The van der Waals surface area contributed by atoms with E-state index in [1.165, 1.54) is 17.4 Å². The third-order valence-electron chi connectivity index (χ3n) is 1.98. The number of halogens is 2.